The molecule has 0 radical (unpaired) electrons. The molecule has 0 atom stereocenters. The molecule has 7 nitrogen and oxygen atoms in total. The number of piperidine rings is 1. The van der Waals surface area contributed by atoms with Crippen LogP contribution in [0, 0.1) is 5.92 Å². The van der Waals surface area contributed by atoms with Crippen LogP contribution in [0.15, 0.2) is 0 Å². The maximum Gasteiger partial charge on any atom is 0.247 e. The monoisotopic (exact) mass is 346 g/mol. The minimum absolute atomic E-state index is 0.273. The van der Waals surface area contributed by atoms with Gasteiger partial charge in [0.05, 0.1) is 0 Å². The molecule has 1 amide bonds. The Morgan fingerprint density at radius 1 is 1.36 bits per heavy atom. The van der Waals surface area contributed by atoms with Gasteiger partial charge in [0.25, 0.3) is 0 Å². The third-order valence-electron chi connectivity index (χ3n) is 3.80. The fourth-order valence-corrected chi connectivity index (χ4v) is 4.82. The van der Waals surface area contributed by atoms with Crippen molar-refractivity contribution in [2.45, 2.75) is 37.9 Å². The van der Waals surface area contributed by atoms with Crippen LogP contribution in [0.2, 0.25) is 0 Å². The third kappa shape index (κ3) is 3.64. The summed E-state index contributed by atoms with van der Waals surface area (Å²) < 4.78 is 23.0. The molecular weight excluding hydrogens is 324 g/mol. The van der Waals surface area contributed by atoms with Crippen molar-refractivity contribution in [3.05, 3.63) is 5.01 Å². The fourth-order valence-electron chi connectivity index (χ4n) is 2.54. The summed E-state index contributed by atoms with van der Waals surface area (Å²) in [6.45, 7) is 5.17. The number of carbonyl (C=O) groups excluding carboxylic acids is 1. The van der Waals surface area contributed by atoms with Gasteiger partial charge in [0, 0.05) is 12.7 Å². The van der Waals surface area contributed by atoms with Crippen LogP contribution >= 0.6 is 11.3 Å². The van der Waals surface area contributed by atoms with E-state index >= 15 is 0 Å². The van der Waals surface area contributed by atoms with E-state index in [2.05, 4.69) is 34.7 Å². The number of hydrogen-bond donors (Lipinski definition) is 2. The predicted molar refractivity (Wildman–Crippen MR) is 86.8 cm³/mol. The Kier molecular flexibility index (Phi) is 5.18. The van der Waals surface area contributed by atoms with Crippen molar-refractivity contribution in [1.82, 2.24) is 15.5 Å². The number of rotatable bonds is 5. The van der Waals surface area contributed by atoms with Crippen LogP contribution in [0.25, 0.3) is 0 Å². The topological polar surface area (TPSA) is 101 Å². The Bertz CT molecular complexity index is 633. The molecule has 1 aliphatic heterocycles. The van der Waals surface area contributed by atoms with Crippen molar-refractivity contribution in [2.75, 3.05) is 24.7 Å². The van der Waals surface area contributed by atoms with Crippen LogP contribution in [0.4, 0.5) is 5.13 Å². The highest BCUT2D eigenvalue weighted by atomic mass is 32.2. The lowest BCUT2D eigenvalue weighted by Crippen LogP contribution is -2.55. The molecule has 0 bridgehead atoms. The number of anilines is 1. The summed E-state index contributed by atoms with van der Waals surface area (Å²) in [4.78, 5) is 12.6. The summed E-state index contributed by atoms with van der Waals surface area (Å²) in [6, 6.07) is 0. The SMILES string of the molecule is CC(C)Cc1nnc(NC(=O)C2(S(C)(=O)=O)CCNCC2)s1. The van der Waals surface area contributed by atoms with Gasteiger partial charge in [0.2, 0.25) is 11.0 Å². The summed E-state index contributed by atoms with van der Waals surface area (Å²) in [5, 5.41) is 14.9. The van der Waals surface area contributed by atoms with Gasteiger partial charge in [-0.1, -0.05) is 25.2 Å². The average Bonchev–Trinajstić information content (AvgIpc) is 2.84. The second-order valence-corrected chi connectivity index (χ2v) is 9.46. The van der Waals surface area contributed by atoms with Crippen molar-refractivity contribution in [3.63, 3.8) is 0 Å². The zero-order valence-electron chi connectivity index (χ0n) is 13.0. The first-order valence-electron chi connectivity index (χ1n) is 7.29. The molecule has 0 aliphatic carbocycles. The van der Waals surface area contributed by atoms with Crippen LogP contribution in [-0.2, 0) is 21.1 Å². The number of nitrogens with one attached hydrogen (secondary N) is 2. The molecule has 1 saturated heterocycles. The van der Waals surface area contributed by atoms with E-state index in [9.17, 15) is 13.2 Å². The molecule has 9 heteroatoms. The molecule has 2 rings (SSSR count). The molecule has 0 saturated carbocycles. The second kappa shape index (κ2) is 6.59. The Balaban J connectivity index is 2.17. The van der Waals surface area contributed by atoms with Crippen molar-refractivity contribution >= 4 is 32.2 Å². The number of amides is 1. The molecule has 22 heavy (non-hydrogen) atoms. The zero-order chi connectivity index (χ0) is 16.4. The average molecular weight is 346 g/mol. The predicted octanol–water partition coefficient (Wildman–Crippen LogP) is 0.842. The number of carbonyl (C=O) groups is 1. The highest BCUT2D eigenvalue weighted by molar-refractivity contribution is 7.92. The van der Waals surface area contributed by atoms with E-state index in [4.69, 9.17) is 0 Å². The molecule has 124 valence electrons. The maximum atomic E-state index is 12.6. The molecule has 0 spiro atoms. The first kappa shape index (κ1) is 17.3. The van der Waals surface area contributed by atoms with E-state index in [0.29, 0.717) is 24.1 Å². The Labute approximate surface area is 134 Å². The second-order valence-electron chi connectivity index (χ2n) is 6.07. The van der Waals surface area contributed by atoms with Gasteiger partial charge in [0.15, 0.2) is 14.6 Å². The van der Waals surface area contributed by atoms with E-state index in [-0.39, 0.29) is 12.8 Å². The van der Waals surface area contributed by atoms with Crippen LogP contribution in [0.3, 0.4) is 0 Å². The number of nitrogens with zero attached hydrogens (tertiary/aromatic N) is 2. The van der Waals surface area contributed by atoms with E-state index in [1.54, 1.807) is 0 Å². The summed E-state index contributed by atoms with van der Waals surface area (Å²) >= 11 is 1.30. The van der Waals surface area contributed by atoms with Gasteiger partial charge in [-0.25, -0.2) is 8.42 Å². The molecule has 1 aromatic heterocycles. The van der Waals surface area contributed by atoms with E-state index in [1.165, 1.54) is 11.3 Å². The molecule has 1 aromatic rings. The van der Waals surface area contributed by atoms with Gasteiger partial charge in [-0.3, -0.25) is 10.1 Å². The van der Waals surface area contributed by atoms with Crippen LogP contribution < -0.4 is 10.6 Å². The standard InChI is InChI=1S/C13H22N4O3S2/c1-9(2)8-10-16-17-12(21-10)15-11(18)13(22(3,19)20)4-6-14-7-5-13/h9,14H,4-8H2,1-3H3,(H,15,17,18). The van der Waals surface area contributed by atoms with Gasteiger partial charge >= 0.3 is 0 Å². The van der Waals surface area contributed by atoms with E-state index < -0.39 is 20.5 Å². The number of hydrogen-bond acceptors (Lipinski definition) is 7. The number of aromatic nitrogens is 2. The molecular formula is C13H22N4O3S2. The molecule has 0 aromatic carbocycles. The summed E-state index contributed by atoms with van der Waals surface area (Å²) in [6.07, 6.45) is 2.46. The Morgan fingerprint density at radius 3 is 2.55 bits per heavy atom. The lowest BCUT2D eigenvalue weighted by Gasteiger charge is -2.33. The summed E-state index contributed by atoms with van der Waals surface area (Å²) in [5.74, 6) is -0.0490. The van der Waals surface area contributed by atoms with Crippen LogP contribution in [-0.4, -0.2) is 48.6 Å². The van der Waals surface area contributed by atoms with Gasteiger partial charge in [-0.2, -0.15) is 0 Å². The molecule has 1 fully saturated rings. The van der Waals surface area contributed by atoms with Crippen molar-refractivity contribution in [2.24, 2.45) is 5.92 Å². The normalized spacial score (nSPS) is 18.4. The van der Waals surface area contributed by atoms with Crippen LogP contribution in [0.1, 0.15) is 31.7 Å². The van der Waals surface area contributed by atoms with Crippen molar-refractivity contribution in [1.29, 1.82) is 0 Å². The van der Waals surface area contributed by atoms with Gasteiger partial charge < -0.3 is 5.32 Å². The lowest BCUT2D eigenvalue weighted by molar-refractivity contribution is -0.119. The van der Waals surface area contributed by atoms with Crippen molar-refractivity contribution < 1.29 is 13.2 Å². The van der Waals surface area contributed by atoms with Gasteiger partial charge in [-0.05, 0) is 31.8 Å². The highest BCUT2D eigenvalue weighted by Gasteiger charge is 2.48. The summed E-state index contributed by atoms with van der Waals surface area (Å²) in [5.41, 5.74) is 0. The largest absolute Gasteiger partial charge is 0.317 e. The van der Waals surface area contributed by atoms with Gasteiger partial charge in [-0.15, -0.1) is 10.2 Å². The molecule has 1 aliphatic rings. The maximum absolute atomic E-state index is 12.6. The number of sulfone groups is 1. The highest BCUT2D eigenvalue weighted by Crippen LogP contribution is 2.30. The molecule has 2 heterocycles. The Hall–Kier alpha value is -1.06. The van der Waals surface area contributed by atoms with E-state index in [1.807, 2.05) is 0 Å². The summed E-state index contributed by atoms with van der Waals surface area (Å²) in [7, 11) is -3.51. The van der Waals surface area contributed by atoms with Gasteiger partial charge in [0.1, 0.15) is 5.01 Å². The first-order chi connectivity index (χ1) is 10.2. The van der Waals surface area contributed by atoms with Crippen LogP contribution in [0.5, 0.6) is 0 Å². The smallest absolute Gasteiger partial charge is 0.247 e. The van der Waals surface area contributed by atoms with E-state index in [0.717, 1.165) is 17.7 Å². The third-order valence-corrected chi connectivity index (χ3v) is 6.68. The van der Waals surface area contributed by atoms with Crippen molar-refractivity contribution in [3.8, 4) is 0 Å². The first-order valence-corrected chi connectivity index (χ1v) is 9.99. The minimum Gasteiger partial charge on any atom is -0.317 e. The fraction of sp³-hybridized carbons (Fsp3) is 0.769. The zero-order valence-corrected chi connectivity index (χ0v) is 14.7. The molecule has 0 unspecified atom stereocenters. The lowest BCUT2D eigenvalue weighted by atomic mass is 9.96. The Morgan fingerprint density at radius 2 is 2.00 bits per heavy atom. The quantitative estimate of drug-likeness (QED) is 0.819. The molecule has 2 N–H and O–H groups in total. The minimum atomic E-state index is -3.51.